The molecule has 0 bridgehead atoms. The molecule has 0 spiro atoms. The summed E-state index contributed by atoms with van der Waals surface area (Å²) in [5, 5.41) is 15.5. The third-order valence-electron chi connectivity index (χ3n) is 6.14. The van der Waals surface area contributed by atoms with Crippen LogP contribution in [0, 0.1) is 0 Å². The molecule has 0 radical (unpaired) electrons. The van der Waals surface area contributed by atoms with E-state index in [2.05, 4.69) is 10.6 Å². The fraction of sp³-hybridized carbons (Fsp3) is 0.391. The lowest BCUT2D eigenvalue weighted by molar-refractivity contribution is -0.125. The van der Waals surface area contributed by atoms with E-state index in [9.17, 15) is 24.3 Å². The van der Waals surface area contributed by atoms with E-state index in [0.29, 0.717) is 40.0 Å². The van der Waals surface area contributed by atoms with Gasteiger partial charge in [-0.05, 0) is 42.8 Å². The summed E-state index contributed by atoms with van der Waals surface area (Å²) in [7, 11) is 0. The summed E-state index contributed by atoms with van der Waals surface area (Å²) in [5.41, 5.74) is 1.02. The number of thiophene rings is 1. The van der Waals surface area contributed by atoms with Gasteiger partial charge in [-0.2, -0.15) is 0 Å². The molecule has 2 aliphatic heterocycles. The molecule has 2 saturated heterocycles. The van der Waals surface area contributed by atoms with Gasteiger partial charge in [0.05, 0.1) is 33.9 Å². The number of anilines is 1. The monoisotopic (exact) mass is 520 g/mol. The summed E-state index contributed by atoms with van der Waals surface area (Å²) in [6, 6.07) is 8.03. The molecule has 4 rings (SSSR count). The molecule has 4 amide bonds. The minimum Gasteiger partial charge on any atom is -0.465 e. The highest BCUT2D eigenvalue weighted by Gasteiger charge is 2.45. The number of nitrogens with zero attached hydrogens (tertiary/aromatic N) is 2. The number of benzene rings is 1. The Bertz CT molecular complexity index is 1120. The zero-order chi connectivity index (χ0) is 25.1. The van der Waals surface area contributed by atoms with Gasteiger partial charge < -0.3 is 30.3 Å². The second-order valence-electron chi connectivity index (χ2n) is 8.24. The first kappa shape index (κ1) is 25.0. The van der Waals surface area contributed by atoms with Crippen LogP contribution in [0.2, 0.25) is 4.34 Å². The van der Waals surface area contributed by atoms with Crippen LogP contribution in [0.5, 0.6) is 0 Å². The van der Waals surface area contributed by atoms with Crippen LogP contribution < -0.4 is 15.5 Å². The van der Waals surface area contributed by atoms with E-state index in [1.54, 1.807) is 41.3 Å². The first-order chi connectivity index (χ1) is 16.8. The summed E-state index contributed by atoms with van der Waals surface area (Å²) in [5.74, 6) is -0.934. The van der Waals surface area contributed by atoms with Crippen LogP contribution >= 0.6 is 22.9 Å². The fourth-order valence-electron chi connectivity index (χ4n) is 4.44. The van der Waals surface area contributed by atoms with Crippen molar-refractivity contribution in [2.24, 2.45) is 0 Å². The second-order valence-corrected chi connectivity index (χ2v) is 9.95. The zero-order valence-electron chi connectivity index (χ0n) is 18.9. The van der Waals surface area contributed by atoms with Crippen LogP contribution in [-0.2, 0) is 9.53 Å². The fourth-order valence-corrected chi connectivity index (χ4v) is 5.39. The molecular formula is C23H25ClN4O6S. The number of ether oxygens (including phenoxy) is 1. The molecule has 3 heterocycles. The Labute approximate surface area is 210 Å². The number of halogens is 1. The Kier molecular flexibility index (Phi) is 7.58. The third-order valence-corrected chi connectivity index (χ3v) is 7.37. The predicted octanol–water partition coefficient (Wildman–Crippen LogP) is 2.43. The molecule has 0 saturated carbocycles. The number of carbonyl (C=O) groups excluding carboxylic acids is 3. The van der Waals surface area contributed by atoms with Crippen molar-refractivity contribution in [1.29, 1.82) is 0 Å². The van der Waals surface area contributed by atoms with Crippen LogP contribution in [0.15, 0.2) is 36.4 Å². The molecule has 35 heavy (non-hydrogen) atoms. The van der Waals surface area contributed by atoms with Crippen molar-refractivity contribution in [2.75, 3.05) is 31.2 Å². The van der Waals surface area contributed by atoms with Crippen LogP contribution in [0.1, 0.15) is 33.4 Å². The average molecular weight is 521 g/mol. The number of amides is 4. The van der Waals surface area contributed by atoms with Crippen molar-refractivity contribution in [3.63, 3.8) is 0 Å². The minimum absolute atomic E-state index is 0.0212. The van der Waals surface area contributed by atoms with Crippen LogP contribution in [0.4, 0.5) is 10.5 Å². The van der Waals surface area contributed by atoms with E-state index in [-0.39, 0.29) is 25.0 Å². The number of carbonyl (C=O) groups is 4. The number of hydrogen-bond acceptors (Lipinski definition) is 6. The van der Waals surface area contributed by atoms with Gasteiger partial charge in [-0.15, -0.1) is 11.3 Å². The minimum atomic E-state index is -1.12. The van der Waals surface area contributed by atoms with Crippen LogP contribution in [0.25, 0.3) is 0 Å². The predicted molar refractivity (Wildman–Crippen MR) is 130 cm³/mol. The Morgan fingerprint density at radius 2 is 1.89 bits per heavy atom. The highest BCUT2D eigenvalue weighted by molar-refractivity contribution is 7.18. The molecule has 1 aromatic carbocycles. The van der Waals surface area contributed by atoms with Crippen molar-refractivity contribution in [2.45, 2.75) is 31.5 Å². The normalized spacial score (nSPS) is 22.2. The maximum atomic E-state index is 13.0. The lowest BCUT2D eigenvalue weighted by Gasteiger charge is -2.27. The number of nitrogens with one attached hydrogen (secondary N) is 2. The van der Waals surface area contributed by atoms with Crippen molar-refractivity contribution < 1.29 is 29.0 Å². The molecule has 2 aromatic rings. The van der Waals surface area contributed by atoms with Gasteiger partial charge in [-0.25, -0.2) is 4.79 Å². The molecule has 10 nitrogen and oxygen atoms in total. The van der Waals surface area contributed by atoms with Crippen molar-refractivity contribution in [3.8, 4) is 0 Å². The molecule has 3 atom stereocenters. The maximum absolute atomic E-state index is 13.0. The lowest BCUT2D eigenvalue weighted by atomic mass is 10.0. The number of morpholine rings is 1. The largest absolute Gasteiger partial charge is 0.465 e. The second kappa shape index (κ2) is 10.6. The molecule has 2 aliphatic rings. The van der Waals surface area contributed by atoms with Gasteiger partial charge in [-0.1, -0.05) is 18.5 Å². The van der Waals surface area contributed by atoms with E-state index in [1.807, 2.05) is 6.92 Å². The van der Waals surface area contributed by atoms with Gasteiger partial charge >= 0.3 is 6.09 Å². The Morgan fingerprint density at radius 1 is 1.14 bits per heavy atom. The Morgan fingerprint density at radius 3 is 2.49 bits per heavy atom. The number of rotatable bonds is 6. The van der Waals surface area contributed by atoms with Gasteiger partial charge in [0.15, 0.2) is 0 Å². The smallest absolute Gasteiger partial charge is 0.407 e. The maximum Gasteiger partial charge on any atom is 0.407 e. The molecule has 1 aromatic heterocycles. The van der Waals surface area contributed by atoms with E-state index >= 15 is 0 Å². The molecule has 3 N–H and O–H groups in total. The number of carboxylic acid groups (broad SMARTS) is 1. The highest BCUT2D eigenvalue weighted by atomic mass is 35.5. The van der Waals surface area contributed by atoms with E-state index in [4.69, 9.17) is 16.3 Å². The van der Waals surface area contributed by atoms with E-state index < -0.39 is 30.1 Å². The summed E-state index contributed by atoms with van der Waals surface area (Å²) in [4.78, 5) is 52.9. The number of hydrogen-bond donors (Lipinski definition) is 3. The van der Waals surface area contributed by atoms with Crippen molar-refractivity contribution in [3.05, 3.63) is 51.2 Å². The van der Waals surface area contributed by atoms with E-state index in [0.717, 1.165) is 11.3 Å². The van der Waals surface area contributed by atoms with Crippen molar-refractivity contribution >= 4 is 52.4 Å². The first-order valence-electron chi connectivity index (χ1n) is 11.1. The summed E-state index contributed by atoms with van der Waals surface area (Å²) in [6.07, 6.45) is -0.663. The highest BCUT2D eigenvalue weighted by Crippen LogP contribution is 2.25. The summed E-state index contributed by atoms with van der Waals surface area (Å²) >= 11 is 7.06. The van der Waals surface area contributed by atoms with Crippen molar-refractivity contribution in [1.82, 2.24) is 15.5 Å². The molecule has 12 heteroatoms. The van der Waals surface area contributed by atoms with Gasteiger partial charge in [0, 0.05) is 24.3 Å². The molecule has 1 unspecified atom stereocenters. The quantitative estimate of drug-likeness (QED) is 0.536. The number of likely N-dealkylation sites (tertiary alicyclic amines) is 1. The van der Waals surface area contributed by atoms with E-state index in [1.165, 1.54) is 4.90 Å². The van der Waals surface area contributed by atoms with Crippen LogP contribution in [-0.4, -0.2) is 78.3 Å². The summed E-state index contributed by atoms with van der Waals surface area (Å²) < 4.78 is 5.61. The van der Waals surface area contributed by atoms with Gasteiger partial charge in [-0.3, -0.25) is 14.4 Å². The molecular weight excluding hydrogens is 496 g/mol. The SMILES string of the molecule is CCC1[C@H](NC(=O)c2ccc(Cl)s2)[C@@H](NC(=O)c2ccc(N3CCOCC3=O)cc2)CN1C(=O)O. The lowest BCUT2D eigenvalue weighted by Crippen LogP contribution is -2.53. The Hall–Kier alpha value is -3.15. The van der Waals surface area contributed by atoms with Gasteiger partial charge in [0.25, 0.3) is 17.7 Å². The third kappa shape index (κ3) is 5.42. The molecule has 0 aliphatic carbocycles. The van der Waals surface area contributed by atoms with Crippen LogP contribution in [0.3, 0.4) is 0 Å². The standard InChI is InChI=1S/C23H25ClN4O6S/c1-2-16-20(26-22(31)17-7-8-18(24)35-17)15(11-28(16)23(32)33)25-21(30)13-3-5-14(6-4-13)27-9-10-34-12-19(27)29/h3-8,15-16,20H,2,9-12H2,1H3,(H,25,30)(H,26,31)(H,32,33)/t15-,16?,20+/m0/s1. The van der Waals surface area contributed by atoms with Gasteiger partial charge in [0.2, 0.25) is 0 Å². The topological polar surface area (TPSA) is 128 Å². The zero-order valence-corrected chi connectivity index (χ0v) is 20.5. The molecule has 186 valence electrons. The molecule has 2 fully saturated rings. The van der Waals surface area contributed by atoms with Gasteiger partial charge in [0.1, 0.15) is 6.61 Å². The average Bonchev–Trinajstić information content (AvgIpc) is 3.43. The first-order valence-corrected chi connectivity index (χ1v) is 12.3. The Balaban J connectivity index is 1.49. The summed E-state index contributed by atoms with van der Waals surface area (Å²) in [6.45, 7) is 2.77.